The smallest absolute Gasteiger partial charge is 0.328 e. The first-order valence-corrected chi connectivity index (χ1v) is 6.37. The van der Waals surface area contributed by atoms with Crippen molar-refractivity contribution in [2.45, 2.75) is 12.8 Å². The fourth-order valence-corrected chi connectivity index (χ4v) is 2.29. The number of hydrogen-bond acceptors (Lipinski definition) is 2. The van der Waals surface area contributed by atoms with E-state index in [1.807, 2.05) is 12.1 Å². The van der Waals surface area contributed by atoms with Gasteiger partial charge in [0, 0.05) is 29.3 Å². The van der Waals surface area contributed by atoms with E-state index >= 15 is 0 Å². The molecule has 4 heteroatoms. The summed E-state index contributed by atoms with van der Waals surface area (Å²) in [5.74, 6) is -0.836. The van der Waals surface area contributed by atoms with Gasteiger partial charge in [-0.15, -0.1) is 0 Å². The molecule has 17 heavy (non-hydrogen) atoms. The molecule has 0 unspecified atom stereocenters. The Balaban J connectivity index is 1.99. The van der Waals surface area contributed by atoms with Gasteiger partial charge in [0.05, 0.1) is 0 Å². The molecule has 1 aliphatic heterocycles. The number of hydrogen-bond donors (Lipinski definition) is 1. The van der Waals surface area contributed by atoms with Crippen LogP contribution in [-0.4, -0.2) is 24.2 Å². The molecule has 0 aromatic heterocycles. The maximum atomic E-state index is 10.6. The Hall–Kier alpha value is -1.29. The van der Waals surface area contributed by atoms with Crippen LogP contribution in [0.15, 0.2) is 40.4 Å². The second-order valence-electron chi connectivity index (χ2n) is 4.10. The number of carboxylic acid groups (broad SMARTS) is 1. The highest BCUT2D eigenvalue weighted by atomic mass is 79.9. The Morgan fingerprint density at radius 3 is 2.35 bits per heavy atom. The molecule has 3 nitrogen and oxygen atoms in total. The largest absolute Gasteiger partial charge is 0.478 e. The zero-order chi connectivity index (χ0) is 12.3. The summed E-state index contributed by atoms with van der Waals surface area (Å²) in [4.78, 5) is 12.8. The monoisotopic (exact) mass is 295 g/mol. The molecular formula is C13H14BrNO2. The van der Waals surface area contributed by atoms with Crippen molar-refractivity contribution in [1.82, 2.24) is 0 Å². The van der Waals surface area contributed by atoms with Crippen molar-refractivity contribution < 1.29 is 9.90 Å². The first kappa shape index (κ1) is 12.2. The van der Waals surface area contributed by atoms with Gasteiger partial charge in [-0.1, -0.05) is 21.5 Å². The van der Waals surface area contributed by atoms with E-state index in [-0.39, 0.29) is 0 Å². The van der Waals surface area contributed by atoms with Gasteiger partial charge in [-0.05, 0) is 37.1 Å². The molecule has 0 atom stereocenters. The fourth-order valence-electron chi connectivity index (χ4n) is 2.02. The maximum Gasteiger partial charge on any atom is 0.328 e. The molecule has 0 saturated carbocycles. The summed E-state index contributed by atoms with van der Waals surface area (Å²) in [5.41, 5.74) is 2.23. The number of carboxylic acids is 1. The molecule has 2 rings (SSSR count). The number of aliphatic carboxylic acids is 1. The molecule has 1 aromatic carbocycles. The number of rotatable bonds is 2. The normalized spacial score (nSPS) is 15.8. The van der Waals surface area contributed by atoms with Gasteiger partial charge in [-0.25, -0.2) is 4.79 Å². The van der Waals surface area contributed by atoms with Crippen LogP contribution in [-0.2, 0) is 4.79 Å². The molecule has 90 valence electrons. The lowest BCUT2D eigenvalue weighted by Crippen LogP contribution is -2.30. The van der Waals surface area contributed by atoms with Crippen LogP contribution >= 0.6 is 15.9 Å². The van der Waals surface area contributed by atoms with E-state index in [0.29, 0.717) is 0 Å². The lowest BCUT2D eigenvalue weighted by molar-refractivity contribution is -0.131. The molecule has 0 amide bonds. The van der Waals surface area contributed by atoms with Crippen LogP contribution in [0.5, 0.6) is 0 Å². The van der Waals surface area contributed by atoms with Gasteiger partial charge < -0.3 is 10.0 Å². The minimum atomic E-state index is -0.836. The number of benzene rings is 1. The SMILES string of the molecule is O=C(O)C=C1CCN(c2ccc(Br)cc2)CC1. The third kappa shape index (κ3) is 3.33. The first-order valence-electron chi connectivity index (χ1n) is 5.58. The summed E-state index contributed by atoms with van der Waals surface area (Å²) in [6.45, 7) is 1.78. The van der Waals surface area contributed by atoms with Crippen molar-refractivity contribution in [2.75, 3.05) is 18.0 Å². The molecule has 0 bridgehead atoms. The van der Waals surface area contributed by atoms with Crippen LogP contribution < -0.4 is 4.90 Å². The van der Waals surface area contributed by atoms with Crippen molar-refractivity contribution in [1.29, 1.82) is 0 Å². The van der Waals surface area contributed by atoms with Crippen LogP contribution in [0.1, 0.15) is 12.8 Å². The Bertz CT molecular complexity index is 429. The van der Waals surface area contributed by atoms with Gasteiger partial charge in [0.15, 0.2) is 0 Å². The van der Waals surface area contributed by atoms with Gasteiger partial charge in [-0.2, -0.15) is 0 Å². The predicted octanol–water partition coefficient (Wildman–Crippen LogP) is 3.06. The Labute approximate surface area is 109 Å². The zero-order valence-electron chi connectivity index (χ0n) is 9.40. The molecule has 1 fully saturated rings. The molecule has 0 aliphatic carbocycles. The predicted molar refractivity (Wildman–Crippen MR) is 71.3 cm³/mol. The Kier molecular flexibility index (Phi) is 3.84. The van der Waals surface area contributed by atoms with Crippen molar-refractivity contribution >= 4 is 27.6 Å². The van der Waals surface area contributed by atoms with Gasteiger partial charge in [0.1, 0.15) is 0 Å². The number of nitrogens with zero attached hydrogens (tertiary/aromatic N) is 1. The second kappa shape index (κ2) is 5.36. The average molecular weight is 296 g/mol. The number of anilines is 1. The molecule has 1 aliphatic rings. The highest BCUT2D eigenvalue weighted by Crippen LogP contribution is 2.24. The van der Waals surface area contributed by atoms with Crippen LogP contribution in [0, 0.1) is 0 Å². The van der Waals surface area contributed by atoms with Gasteiger partial charge in [-0.3, -0.25) is 0 Å². The van der Waals surface area contributed by atoms with E-state index in [1.54, 1.807) is 0 Å². The molecule has 1 saturated heterocycles. The van der Waals surface area contributed by atoms with Crippen molar-refractivity contribution in [3.8, 4) is 0 Å². The van der Waals surface area contributed by atoms with Crippen molar-refractivity contribution in [3.05, 3.63) is 40.4 Å². The first-order chi connectivity index (χ1) is 8.15. The summed E-state index contributed by atoms with van der Waals surface area (Å²) in [6, 6.07) is 8.21. The van der Waals surface area contributed by atoms with Gasteiger partial charge >= 0.3 is 5.97 Å². The minimum Gasteiger partial charge on any atom is -0.478 e. The number of halogens is 1. The van der Waals surface area contributed by atoms with E-state index in [9.17, 15) is 4.79 Å². The third-order valence-electron chi connectivity index (χ3n) is 2.93. The molecule has 1 N–H and O–H groups in total. The second-order valence-corrected chi connectivity index (χ2v) is 5.02. The van der Waals surface area contributed by atoms with Crippen molar-refractivity contribution in [2.24, 2.45) is 0 Å². The standard InChI is InChI=1S/C13H14BrNO2/c14-11-1-3-12(4-2-11)15-7-5-10(6-8-15)9-13(16)17/h1-4,9H,5-8H2,(H,16,17). The Morgan fingerprint density at radius 1 is 1.24 bits per heavy atom. The fraction of sp³-hybridized carbons (Fsp3) is 0.308. The lowest BCUT2D eigenvalue weighted by atomic mass is 10.0. The molecule has 1 heterocycles. The molecule has 0 radical (unpaired) electrons. The summed E-state index contributed by atoms with van der Waals surface area (Å²) in [5, 5.41) is 8.68. The van der Waals surface area contributed by atoms with Crippen LogP contribution in [0.4, 0.5) is 5.69 Å². The number of piperidine rings is 1. The number of carbonyl (C=O) groups is 1. The van der Waals surface area contributed by atoms with E-state index in [1.165, 1.54) is 11.8 Å². The summed E-state index contributed by atoms with van der Waals surface area (Å²) in [6.07, 6.45) is 3.02. The quantitative estimate of drug-likeness (QED) is 0.853. The minimum absolute atomic E-state index is 0.836. The van der Waals surface area contributed by atoms with Gasteiger partial charge in [0.25, 0.3) is 0 Å². The Morgan fingerprint density at radius 2 is 1.82 bits per heavy atom. The van der Waals surface area contributed by atoms with E-state index in [2.05, 4.69) is 33.0 Å². The lowest BCUT2D eigenvalue weighted by Gasteiger charge is -2.30. The highest BCUT2D eigenvalue weighted by molar-refractivity contribution is 9.10. The van der Waals surface area contributed by atoms with E-state index < -0.39 is 5.97 Å². The van der Waals surface area contributed by atoms with Crippen molar-refractivity contribution in [3.63, 3.8) is 0 Å². The van der Waals surface area contributed by atoms with Gasteiger partial charge in [0.2, 0.25) is 0 Å². The van der Waals surface area contributed by atoms with E-state index in [4.69, 9.17) is 5.11 Å². The highest BCUT2D eigenvalue weighted by Gasteiger charge is 2.14. The van der Waals surface area contributed by atoms with Crippen LogP contribution in [0.25, 0.3) is 0 Å². The zero-order valence-corrected chi connectivity index (χ0v) is 11.0. The van der Waals surface area contributed by atoms with E-state index in [0.717, 1.165) is 36.0 Å². The third-order valence-corrected chi connectivity index (χ3v) is 3.45. The van der Waals surface area contributed by atoms with Crippen LogP contribution in [0.2, 0.25) is 0 Å². The van der Waals surface area contributed by atoms with Crippen LogP contribution in [0.3, 0.4) is 0 Å². The molecular weight excluding hydrogens is 282 g/mol. The summed E-state index contributed by atoms with van der Waals surface area (Å²) >= 11 is 3.41. The summed E-state index contributed by atoms with van der Waals surface area (Å²) < 4.78 is 1.07. The topological polar surface area (TPSA) is 40.5 Å². The summed E-state index contributed by atoms with van der Waals surface area (Å²) in [7, 11) is 0. The maximum absolute atomic E-state index is 10.6. The molecule has 1 aromatic rings. The average Bonchev–Trinajstić information content (AvgIpc) is 2.30. The molecule has 0 spiro atoms.